The van der Waals surface area contributed by atoms with Crippen molar-refractivity contribution in [3.63, 3.8) is 0 Å². The van der Waals surface area contributed by atoms with E-state index in [0.29, 0.717) is 19.4 Å². The Hall–Kier alpha value is -2.69. The standard InChI is InChI=1S/C22H28N2O3/c1-3-27-20-10-6-4-8-18(20)12-13-22(25)24-16-14-23(15-17-24)19-9-5-7-11-21(19)26-2/h4-11H,3,12-17H2,1-2H3. The monoisotopic (exact) mass is 368 g/mol. The number of anilines is 1. The third kappa shape index (κ3) is 4.73. The Bertz CT molecular complexity index is 755. The average molecular weight is 368 g/mol. The summed E-state index contributed by atoms with van der Waals surface area (Å²) in [7, 11) is 1.69. The van der Waals surface area contributed by atoms with E-state index in [4.69, 9.17) is 9.47 Å². The molecule has 5 heteroatoms. The van der Waals surface area contributed by atoms with Crippen LogP contribution >= 0.6 is 0 Å². The van der Waals surface area contributed by atoms with Gasteiger partial charge in [-0.15, -0.1) is 0 Å². The summed E-state index contributed by atoms with van der Waals surface area (Å²) in [6.45, 7) is 5.73. The predicted octanol–water partition coefficient (Wildman–Crippen LogP) is 3.38. The van der Waals surface area contributed by atoms with Gasteiger partial charge >= 0.3 is 0 Å². The lowest BCUT2D eigenvalue weighted by molar-refractivity contribution is -0.131. The van der Waals surface area contributed by atoms with Crippen molar-refractivity contribution in [2.45, 2.75) is 19.8 Å². The number of nitrogens with zero attached hydrogens (tertiary/aromatic N) is 2. The van der Waals surface area contributed by atoms with Crippen LogP contribution in [0.5, 0.6) is 11.5 Å². The Balaban J connectivity index is 1.53. The van der Waals surface area contributed by atoms with Crippen LogP contribution in [0.15, 0.2) is 48.5 Å². The van der Waals surface area contributed by atoms with E-state index >= 15 is 0 Å². The summed E-state index contributed by atoms with van der Waals surface area (Å²) in [6, 6.07) is 16.0. The summed E-state index contributed by atoms with van der Waals surface area (Å²) in [5.41, 5.74) is 2.19. The second-order valence-corrected chi connectivity index (χ2v) is 6.58. The molecule has 0 aromatic heterocycles. The van der Waals surface area contributed by atoms with Crippen molar-refractivity contribution in [1.29, 1.82) is 0 Å². The van der Waals surface area contributed by atoms with Crippen molar-refractivity contribution >= 4 is 11.6 Å². The van der Waals surface area contributed by atoms with E-state index in [0.717, 1.165) is 48.9 Å². The van der Waals surface area contributed by atoms with Gasteiger partial charge in [0.15, 0.2) is 0 Å². The molecule has 1 aliphatic rings. The van der Waals surface area contributed by atoms with Crippen LogP contribution in [0.25, 0.3) is 0 Å². The zero-order valence-corrected chi connectivity index (χ0v) is 16.2. The highest BCUT2D eigenvalue weighted by Gasteiger charge is 2.22. The predicted molar refractivity (Wildman–Crippen MR) is 108 cm³/mol. The minimum Gasteiger partial charge on any atom is -0.495 e. The normalized spacial score (nSPS) is 14.1. The minimum atomic E-state index is 0.209. The lowest BCUT2D eigenvalue weighted by Gasteiger charge is -2.36. The third-order valence-corrected chi connectivity index (χ3v) is 4.94. The van der Waals surface area contributed by atoms with Gasteiger partial charge in [-0.25, -0.2) is 0 Å². The zero-order valence-electron chi connectivity index (χ0n) is 16.2. The molecule has 27 heavy (non-hydrogen) atoms. The zero-order chi connectivity index (χ0) is 19.1. The first-order valence-corrected chi connectivity index (χ1v) is 9.59. The number of carbonyl (C=O) groups excluding carboxylic acids is 1. The topological polar surface area (TPSA) is 42.0 Å². The molecule has 1 heterocycles. The molecule has 1 aliphatic heterocycles. The van der Waals surface area contributed by atoms with Gasteiger partial charge in [0.1, 0.15) is 11.5 Å². The smallest absolute Gasteiger partial charge is 0.223 e. The van der Waals surface area contributed by atoms with Crippen LogP contribution < -0.4 is 14.4 Å². The van der Waals surface area contributed by atoms with Crippen LogP contribution in [-0.2, 0) is 11.2 Å². The molecular weight excluding hydrogens is 340 g/mol. The molecule has 3 rings (SSSR count). The number of hydrogen-bond acceptors (Lipinski definition) is 4. The van der Waals surface area contributed by atoms with Gasteiger partial charge in [-0.1, -0.05) is 30.3 Å². The molecule has 0 unspecified atom stereocenters. The molecule has 0 spiro atoms. The molecule has 0 aliphatic carbocycles. The molecule has 0 bridgehead atoms. The number of amides is 1. The van der Waals surface area contributed by atoms with Crippen LogP contribution in [0.1, 0.15) is 18.9 Å². The molecule has 1 fully saturated rings. The molecule has 1 amide bonds. The summed E-state index contributed by atoms with van der Waals surface area (Å²) in [5.74, 6) is 1.97. The van der Waals surface area contributed by atoms with E-state index < -0.39 is 0 Å². The highest BCUT2D eigenvalue weighted by molar-refractivity contribution is 5.77. The van der Waals surface area contributed by atoms with Gasteiger partial charge in [0.25, 0.3) is 0 Å². The Morgan fingerprint density at radius 1 is 0.963 bits per heavy atom. The van der Waals surface area contributed by atoms with Crippen LogP contribution in [0.2, 0.25) is 0 Å². The average Bonchev–Trinajstić information content (AvgIpc) is 2.73. The molecular formula is C22H28N2O3. The Morgan fingerprint density at radius 3 is 2.33 bits per heavy atom. The van der Waals surface area contributed by atoms with Gasteiger partial charge in [0.2, 0.25) is 5.91 Å². The first-order valence-electron chi connectivity index (χ1n) is 9.59. The van der Waals surface area contributed by atoms with E-state index in [1.54, 1.807) is 7.11 Å². The number of methoxy groups -OCH3 is 1. The highest BCUT2D eigenvalue weighted by atomic mass is 16.5. The summed E-state index contributed by atoms with van der Waals surface area (Å²) in [6.07, 6.45) is 1.22. The molecule has 1 saturated heterocycles. The molecule has 2 aromatic rings. The number of rotatable bonds is 7. The van der Waals surface area contributed by atoms with Gasteiger partial charge in [-0.2, -0.15) is 0 Å². The fraction of sp³-hybridized carbons (Fsp3) is 0.409. The molecule has 144 valence electrons. The summed E-state index contributed by atoms with van der Waals surface area (Å²) in [5, 5.41) is 0. The minimum absolute atomic E-state index is 0.209. The van der Waals surface area contributed by atoms with Crippen LogP contribution in [0, 0.1) is 0 Å². The van der Waals surface area contributed by atoms with Gasteiger partial charge in [-0.3, -0.25) is 4.79 Å². The fourth-order valence-electron chi connectivity index (χ4n) is 3.49. The first kappa shape index (κ1) is 19.1. The lowest BCUT2D eigenvalue weighted by Crippen LogP contribution is -2.48. The molecule has 0 saturated carbocycles. The quantitative estimate of drug-likeness (QED) is 0.751. The van der Waals surface area contributed by atoms with Crippen molar-refractivity contribution in [1.82, 2.24) is 4.90 Å². The number of para-hydroxylation sites is 3. The Labute approximate surface area is 161 Å². The maximum atomic E-state index is 12.6. The van der Waals surface area contributed by atoms with Crippen LogP contribution in [0.3, 0.4) is 0 Å². The second kappa shape index (κ2) is 9.31. The van der Waals surface area contributed by atoms with Crippen LogP contribution in [0.4, 0.5) is 5.69 Å². The van der Waals surface area contributed by atoms with E-state index in [-0.39, 0.29) is 5.91 Å². The SMILES string of the molecule is CCOc1ccccc1CCC(=O)N1CCN(c2ccccc2OC)CC1. The Morgan fingerprint density at radius 2 is 1.63 bits per heavy atom. The van der Waals surface area contributed by atoms with E-state index in [1.165, 1.54) is 0 Å². The van der Waals surface area contributed by atoms with Gasteiger partial charge in [0.05, 0.1) is 19.4 Å². The maximum absolute atomic E-state index is 12.6. The van der Waals surface area contributed by atoms with Gasteiger partial charge in [0, 0.05) is 32.6 Å². The van der Waals surface area contributed by atoms with Crippen LogP contribution in [-0.4, -0.2) is 50.7 Å². The van der Waals surface area contributed by atoms with Crippen molar-refractivity contribution in [3.8, 4) is 11.5 Å². The summed E-state index contributed by atoms with van der Waals surface area (Å²) < 4.78 is 11.1. The number of aryl methyl sites for hydroxylation is 1. The van der Waals surface area contributed by atoms with Crippen molar-refractivity contribution in [3.05, 3.63) is 54.1 Å². The first-order chi connectivity index (χ1) is 13.2. The molecule has 0 atom stereocenters. The molecule has 2 aromatic carbocycles. The number of ether oxygens (including phenoxy) is 2. The summed E-state index contributed by atoms with van der Waals surface area (Å²) >= 11 is 0. The Kier molecular flexibility index (Phi) is 6.58. The lowest BCUT2D eigenvalue weighted by atomic mass is 10.1. The number of carbonyl (C=O) groups is 1. The van der Waals surface area contributed by atoms with E-state index in [1.807, 2.05) is 54.3 Å². The van der Waals surface area contributed by atoms with E-state index in [9.17, 15) is 4.79 Å². The van der Waals surface area contributed by atoms with E-state index in [2.05, 4.69) is 11.0 Å². The highest BCUT2D eigenvalue weighted by Crippen LogP contribution is 2.28. The fourth-order valence-corrected chi connectivity index (χ4v) is 3.49. The molecule has 0 N–H and O–H groups in total. The largest absolute Gasteiger partial charge is 0.495 e. The molecule has 0 radical (unpaired) electrons. The maximum Gasteiger partial charge on any atom is 0.223 e. The van der Waals surface area contributed by atoms with Crippen molar-refractivity contribution < 1.29 is 14.3 Å². The van der Waals surface area contributed by atoms with Gasteiger partial charge in [-0.05, 0) is 37.1 Å². The van der Waals surface area contributed by atoms with Crippen molar-refractivity contribution in [2.24, 2.45) is 0 Å². The second-order valence-electron chi connectivity index (χ2n) is 6.58. The number of benzene rings is 2. The third-order valence-electron chi connectivity index (χ3n) is 4.94. The summed E-state index contributed by atoms with van der Waals surface area (Å²) in [4.78, 5) is 16.9. The van der Waals surface area contributed by atoms with Crippen molar-refractivity contribution in [2.75, 3.05) is 44.8 Å². The molecule has 5 nitrogen and oxygen atoms in total. The number of piperazine rings is 1. The number of hydrogen-bond donors (Lipinski definition) is 0. The van der Waals surface area contributed by atoms with Gasteiger partial charge < -0.3 is 19.3 Å².